The molecule has 1 aliphatic rings. The van der Waals surface area contributed by atoms with Gasteiger partial charge in [-0.2, -0.15) is 0 Å². The van der Waals surface area contributed by atoms with Gasteiger partial charge in [-0.1, -0.05) is 47.8 Å². The van der Waals surface area contributed by atoms with Gasteiger partial charge in [0.05, 0.1) is 4.83 Å². The molecule has 0 saturated carbocycles. The number of rotatable bonds is 1. The summed E-state index contributed by atoms with van der Waals surface area (Å²) in [7, 11) is 0. The monoisotopic (exact) mass is 400 g/mol. The van der Waals surface area contributed by atoms with Crippen LogP contribution >= 0.6 is 72.0 Å². The molecule has 7 heteroatoms. The van der Waals surface area contributed by atoms with Gasteiger partial charge in [0, 0.05) is 4.48 Å². The Morgan fingerprint density at radius 1 is 1.75 bits per heavy atom. The molecular weight excluding hydrogens is 399 g/mol. The van der Waals surface area contributed by atoms with E-state index < -0.39 is 9.63 Å². The molecule has 0 aromatic heterocycles. The minimum Gasteiger partial charge on any atom is -0.480 e. The predicted octanol–water partition coefficient (Wildman–Crippen LogP) is 3.33. The summed E-state index contributed by atoms with van der Waals surface area (Å²) < 4.78 is -0.104. The first-order valence-electron chi connectivity index (χ1n) is 2.58. The molecule has 1 heterocycles. The number of aliphatic carboxylic acids is 1. The van der Waals surface area contributed by atoms with E-state index >= 15 is 0 Å². The first kappa shape index (κ1) is 13.3. The van der Waals surface area contributed by atoms with Crippen LogP contribution in [-0.4, -0.2) is 19.6 Å². The Labute approximate surface area is 105 Å². The maximum absolute atomic E-state index is 10.7. The number of hydrogen-bond acceptors (Lipinski definition) is 2. The van der Waals surface area contributed by atoms with Crippen molar-refractivity contribution in [3.8, 4) is 0 Å². The van der Waals surface area contributed by atoms with Gasteiger partial charge >= 0.3 is 5.97 Å². The summed E-state index contributed by atoms with van der Waals surface area (Å²) in [6.07, 6.45) is 0. The van der Waals surface area contributed by atoms with Crippen LogP contribution in [0.2, 0.25) is 0 Å². The molecule has 2 nitrogen and oxygen atoms in total. The fourth-order valence-corrected chi connectivity index (χ4v) is 3.80. The summed E-state index contributed by atoms with van der Waals surface area (Å²) in [4.78, 5) is 10.5. The number of carboxylic acids is 1. The number of allylic oxidation sites excluding steroid dienone is 1. The lowest BCUT2D eigenvalue weighted by atomic mass is 10.3. The zero-order valence-electron chi connectivity index (χ0n) is 5.46. The molecule has 2 atom stereocenters. The van der Waals surface area contributed by atoms with Gasteiger partial charge in [-0.15, -0.1) is 24.2 Å². The molecule has 0 fully saturated rings. The molecule has 2 unspecified atom stereocenters. The van der Waals surface area contributed by atoms with Crippen molar-refractivity contribution in [2.75, 3.05) is 0 Å². The standard InChI is InChI=1S/C5H3Br3O2S.ClH/c6-2-1-11-5(8,3(2)7)4(9)10;/h1,3H,(H,9,10);1H. The maximum atomic E-state index is 10.7. The third kappa shape index (κ3) is 2.20. The van der Waals surface area contributed by atoms with Crippen LogP contribution in [0.1, 0.15) is 0 Å². The summed E-state index contributed by atoms with van der Waals surface area (Å²) >= 11 is 10.9. The quantitative estimate of drug-likeness (QED) is 0.683. The van der Waals surface area contributed by atoms with Gasteiger partial charge in [0.25, 0.3) is 0 Å². The van der Waals surface area contributed by atoms with Crippen LogP contribution in [0.25, 0.3) is 0 Å². The van der Waals surface area contributed by atoms with E-state index in [2.05, 4.69) is 47.8 Å². The number of thioether (sulfide) groups is 1. The van der Waals surface area contributed by atoms with E-state index in [1.54, 1.807) is 5.41 Å². The lowest BCUT2D eigenvalue weighted by Crippen LogP contribution is -2.34. The Kier molecular flexibility index (Phi) is 5.19. The van der Waals surface area contributed by atoms with Crippen LogP contribution in [0.4, 0.5) is 0 Å². The third-order valence-electron chi connectivity index (χ3n) is 1.20. The van der Waals surface area contributed by atoms with Gasteiger partial charge in [-0.05, 0) is 5.41 Å². The summed E-state index contributed by atoms with van der Waals surface area (Å²) in [5, 5.41) is 10.6. The molecular formula is C5H4Br3ClO2S. The van der Waals surface area contributed by atoms with Gasteiger partial charge in [-0.3, -0.25) is 0 Å². The van der Waals surface area contributed by atoms with E-state index in [0.29, 0.717) is 0 Å². The van der Waals surface area contributed by atoms with Crippen LogP contribution in [-0.2, 0) is 4.79 Å². The molecule has 0 radical (unpaired) electrons. The van der Waals surface area contributed by atoms with Crippen molar-refractivity contribution < 1.29 is 9.90 Å². The minimum absolute atomic E-state index is 0. The lowest BCUT2D eigenvalue weighted by Gasteiger charge is -2.19. The Balaban J connectivity index is 0.00000121. The first-order valence-corrected chi connectivity index (χ1v) is 5.96. The average molecular weight is 403 g/mol. The second kappa shape index (κ2) is 4.68. The molecule has 0 aromatic carbocycles. The molecule has 1 aliphatic heterocycles. The summed E-state index contributed by atoms with van der Waals surface area (Å²) in [6.45, 7) is 0. The topological polar surface area (TPSA) is 37.3 Å². The van der Waals surface area contributed by atoms with Crippen molar-refractivity contribution in [3.63, 3.8) is 0 Å². The molecule has 1 rings (SSSR count). The zero-order chi connectivity index (χ0) is 8.65. The Morgan fingerprint density at radius 3 is 2.42 bits per heavy atom. The van der Waals surface area contributed by atoms with Gasteiger partial charge < -0.3 is 5.11 Å². The normalized spacial score (nSPS) is 33.9. The van der Waals surface area contributed by atoms with E-state index in [1.807, 2.05) is 0 Å². The van der Waals surface area contributed by atoms with Crippen LogP contribution < -0.4 is 0 Å². The van der Waals surface area contributed by atoms with Gasteiger partial charge in [0.1, 0.15) is 0 Å². The average Bonchev–Trinajstić information content (AvgIpc) is 2.18. The van der Waals surface area contributed by atoms with E-state index in [9.17, 15) is 4.79 Å². The van der Waals surface area contributed by atoms with Crippen molar-refractivity contribution in [2.24, 2.45) is 0 Å². The van der Waals surface area contributed by atoms with Crippen LogP contribution in [0.15, 0.2) is 9.89 Å². The highest BCUT2D eigenvalue weighted by atomic mass is 79.9. The summed E-state index contributed by atoms with van der Waals surface area (Å²) in [5.41, 5.74) is 0. The minimum atomic E-state index is -0.953. The number of alkyl halides is 2. The van der Waals surface area contributed by atoms with Gasteiger partial charge in [0.15, 0.2) is 3.66 Å². The number of hydrogen-bond donors (Lipinski definition) is 1. The first-order chi connectivity index (χ1) is 4.98. The second-order valence-electron chi connectivity index (χ2n) is 1.93. The zero-order valence-corrected chi connectivity index (χ0v) is 11.9. The number of carbonyl (C=O) groups is 1. The van der Waals surface area contributed by atoms with Crippen molar-refractivity contribution in [1.82, 2.24) is 0 Å². The molecule has 0 spiro atoms. The SMILES string of the molecule is Cl.O=C(O)C1(Br)SC=C(Br)C1Br. The highest BCUT2D eigenvalue weighted by molar-refractivity contribution is 9.16. The van der Waals surface area contributed by atoms with E-state index in [-0.39, 0.29) is 17.2 Å². The number of carboxylic acid groups (broad SMARTS) is 1. The van der Waals surface area contributed by atoms with Crippen molar-refractivity contribution in [1.29, 1.82) is 0 Å². The van der Waals surface area contributed by atoms with Gasteiger partial charge in [0.2, 0.25) is 0 Å². The molecule has 0 saturated heterocycles. The lowest BCUT2D eigenvalue weighted by molar-refractivity contribution is -0.136. The maximum Gasteiger partial charge on any atom is 0.332 e. The Hall–Kier alpha value is 1.29. The van der Waals surface area contributed by atoms with E-state index in [0.717, 1.165) is 4.48 Å². The third-order valence-corrected chi connectivity index (χ3v) is 7.39. The highest BCUT2D eigenvalue weighted by Crippen LogP contribution is 2.51. The molecule has 1 N–H and O–H groups in total. The molecule has 0 aliphatic carbocycles. The van der Waals surface area contributed by atoms with Crippen LogP contribution in [0.5, 0.6) is 0 Å². The molecule has 0 aromatic rings. The molecule has 0 bridgehead atoms. The predicted molar refractivity (Wildman–Crippen MR) is 63.9 cm³/mol. The molecule has 0 amide bonds. The van der Waals surface area contributed by atoms with Crippen LogP contribution in [0.3, 0.4) is 0 Å². The van der Waals surface area contributed by atoms with Crippen molar-refractivity contribution in [2.45, 2.75) is 8.48 Å². The molecule has 12 heavy (non-hydrogen) atoms. The Bertz CT molecular complexity index is 235. The van der Waals surface area contributed by atoms with Gasteiger partial charge in [-0.25, -0.2) is 4.79 Å². The summed E-state index contributed by atoms with van der Waals surface area (Å²) in [6, 6.07) is 0. The number of halogens is 4. The molecule has 70 valence electrons. The largest absolute Gasteiger partial charge is 0.480 e. The highest BCUT2D eigenvalue weighted by Gasteiger charge is 2.47. The Morgan fingerprint density at radius 2 is 2.25 bits per heavy atom. The fourth-order valence-electron chi connectivity index (χ4n) is 0.598. The fraction of sp³-hybridized carbons (Fsp3) is 0.400. The van der Waals surface area contributed by atoms with E-state index in [4.69, 9.17) is 5.11 Å². The van der Waals surface area contributed by atoms with E-state index in [1.165, 1.54) is 11.8 Å². The summed E-state index contributed by atoms with van der Waals surface area (Å²) in [5.74, 6) is -0.880. The van der Waals surface area contributed by atoms with Crippen molar-refractivity contribution >= 4 is 77.9 Å². The van der Waals surface area contributed by atoms with Crippen molar-refractivity contribution in [3.05, 3.63) is 9.89 Å². The smallest absolute Gasteiger partial charge is 0.332 e. The van der Waals surface area contributed by atoms with Crippen LogP contribution in [0, 0.1) is 0 Å². The second-order valence-corrected chi connectivity index (χ2v) is 6.66.